The summed E-state index contributed by atoms with van der Waals surface area (Å²) in [5, 5.41) is 14.1. The largest absolute Gasteiger partial charge is 0.465 e. The summed E-state index contributed by atoms with van der Waals surface area (Å²) in [5.41, 5.74) is 7.49. The molecule has 0 radical (unpaired) electrons. The maximum Gasteiger partial charge on any atom is 0.409 e. The Balaban J connectivity index is 2.40. The van der Waals surface area contributed by atoms with E-state index in [-0.39, 0.29) is 6.73 Å². The number of ether oxygens (including phenoxy) is 2. The standard InChI is InChI=1S/C25H39N5O5Si/c1-8-9-20(29-24(33)35-25(2,3)4)22-28-21(15-30(22)16-34-12-13-36(5,6)7)18-11-10-17(14-19(18)26)27-23(31)32/h8,10-11,14-15,20,27H,1,9,12-13,16,26H2,2-7H3,(H,29,33)(H,31,32). The van der Waals surface area contributed by atoms with Crippen molar-refractivity contribution in [1.82, 2.24) is 14.9 Å². The van der Waals surface area contributed by atoms with Crippen LogP contribution >= 0.6 is 0 Å². The van der Waals surface area contributed by atoms with Crippen LogP contribution in [-0.2, 0) is 16.2 Å². The van der Waals surface area contributed by atoms with Crippen LogP contribution in [0, 0.1) is 0 Å². The summed E-state index contributed by atoms with van der Waals surface area (Å²) in [7, 11) is -1.26. The SMILES string of the molecule is C=CCC(NC(=O)OC(C)(C)C)c1nc(-c2ccc(NC(=O)O)cc2N)cn1COCC[Si](C)(C)C. The van der Waals surface area contributed by atoms with Gasteiger partial charge >= 0.3 is 12.2 Å². The molecule has 0 aliphatic rings. The summed E-state index contributed by atoms with van der Waals surface area (Å²) in [6, 6.07) is 5.35. The Labute approximate surface area is 213 Å². The molecule has 0 fully saturated rings. The number of hydrogen-bond donors (Lipinski definition) is 4. The van der Waals surface area contributed by atoms with Crippen molar-refractivity contribution in [2.45, 2.75) is 71.3 Å². The number of nitrogens with two attached hydrogens (primary N) is 1. The molecular weight excluding hydrogens is 478 g/mol. The number of amides is 2. The highest BCUT2D eigenvalue weighted by Gasteiger charge is 2.25. The molecule has 5 N–H and O–H groups in total. The molecule has 1 atom stereocenters. The van der Waals surface area contributed by atoms with Crippen LogP contribution in [0.15, 0.2) is 37.1 Å². The van der Waals surface area contributed by atoms with Gasteiger partial charge in [-0.1, -0.05) is 25.7 Å². The van der Waals surface area contributed by atoms with Gasteiger partial charge in [0.05, 0.1) is 11.7 Å². The molecule has 0 bridgehead atoms. The van der Waals surface area contributed by atoms with E-state index in [1.165, 1.54) is 6.07 Å². The Bertz CT molecular complexity index is 1070. The predicted molar refractivity (Wildman–Crippen MR) is 145 cm³/mol. The minimum atomic E-state index is -1.26. The van der Waals surface area contributed by atoms with E-state index in [0.717, 1.165) is 6.04 Å². The number of imidazole rings is 1. The van der Waals surface area contributed by atoms with Crippen LogP contribution in [0.5, 0.6) is 0 Å². The van der Waals surface area contributed by atoms with Crippen molar-refractivity contribution in [1.29, 1.82) is 0 Å². The second-order valence-electron chi connectivity index (χ2n) is 10.8. The Kier molecular flexibility index (Phi) is 9.71. The molecule has 2 aromatic rings. The average Bonchev–Trinajstić information content (AvgIpc) is 3.12. The van der Waals surface area contributed by atoms with Gasteiger partial charge in [0, 0.05) is 37.8 Å². The second-order valence-corrected chi connectivity index (χ2v) is 16.4. The van der Waals surface area contributed by atoms with Crippen molar-refractivity contribution in [3.8, 4) is 11.3 Å². The first kappa shape index (κ1) is 28.9. The predicted octanol–water partition coefficient (Wildman–Crippen LogP) is 5.68. The number of carboxylic acid groups (broad SMARTS) is 1. The summed E-state index contributed by atoms with van der Waals surface area (Å²) in [6.07, 6.45) is 2.19. The van der Waals surface area contributed by atoms with E-state index < -0.39 is 31.9 Å². The highest BCUT2D eigenvalue weighted by Crippen LogP contribution is 2.30. The molecular formula is C25H39N5O5Si. The fourth-order valence-electron chi connectivity index (χ4n) is 3.33. The lowest BCUT2D eigenvalue weighted by atomic mass is 10.1. The van der Waals surface area contributed by atoms with E-state index in [4.69, 9.17) is 25.3 Å². The average molecular weight is 518 g/mol. The van der Waals surface area contributed by atoms with Gasteiger partial charge in [0.1, 0.15) is 18.2 Å². The molecule has 0 aliphatic heterocycles. The molecule has 0 aliphatic carbocycles. The summed E-state index contributed by atoms with van der Waals surface area (Å²) >= 11 is 0. The van der Waals surface area contributed by atoms with Crippen LogP contribution < -0.4 is 16.4 Å². The summed E-state index contributed by atoms with van der Waals surface area (Å²) < 4.78 is 13.3. The number of hydrogen-bond acceptors (Lipinski definition) is 6. The van der Waals surface area contributed by atoms with Crippen LogP contribution in [0.2, 0.25) is 25.7 Å². The first-order valence-corrected chi connectivity index (χ1v) is 15.5. The molecule has 1 aromatic carbocycles. The van der Waals surface area contributed by atoms with Crippen LogP contribution in [0.4, 0.5) is 21.0 Å². The van der Waals surface area contributed by atoms with E-state index in [1.807, 2.05) is 10.8 Å². The van der Waals surface area contributed by atoms with Crippen LogP contribution in [0.1, 0.15) is 39.1 Å². The number of nitrogens with one attached hydrogen (secondary N) is 2. The Morgan fingerprint density at radius 3 is 2.56 bits per heavy atom. The van der Waals surface area contributed by atoms with Crippen molar-refractivity contribution >= 4 is 31.6 Å². The van der Waals surface area contributed by atoms with E-state index in [0.29, 0.717) is 41.5 Å². The summed E-state index contributed by atoms with van der Waals surface area (Å²) in [6.45, 7) is 16.9. The van der Waals surface area contributed by atoms with Gasteiger partial charge in [0.2, 0.25) is 0 Å². The smallest absolute Gasteiger partial charge is 0.409 e. The Morgan fingerprint density at radius 1 is 1.31 bits per heavy atom. The van der Waals surface area contributed by atoms with Crippen LogP contribution in [0.3, 0.4) is 0 Å². The highest BCUT2D eigenvalue weighted by atomic mass is 28.3. The number of alkyl carbamates (subject to hydrolysis) is 1. The van der Waals surface area contributed by atoms with Crippen molar-refractivity contribution < 1.29 is 24.2 Å². The number of nitrogen functional groups attached to an aromatic ring is 1. The van der Waals surface area contributed by atoms with Gasteiger partial charge in [0.25, 0.3) is 0 Å². The molecule has 36 heavy (non-hydrogen) atoms. The molecule has 1 aromatic heterocycles. The number of anilines is 2. The third-order valence-corrected chi connectivity index (χ3v) is 6.72. The van der Waals surface area contributed by atoms with Gasteiger partial charge in [0.15, 0.2) is 0 Å². The molecule has 2 amide bonds. The van der Waals surface area contributed by atoms with Crippen LogP contribution in [0.25, 0.3) is 11.3 Å². The lowest BCUT2D eigenvalue weighted by Gasteiger charge is -2.23. The monoisotopic (exact) mass is 517 g/mol. The molecule has 198 valence electrons. The number of nitrogens with zero attached hydrogens (tertiary/aromatic N) is 2. The molecule has 0 saturated carbocycles. The molecule has 0 spiro atoms. The highest BCUT2D eigenvalue weighted by molar-refractivity contribution is 6.76. The van der Waals surface area contributed by atoms with E-state index in [2.05, 4.69) is 36.9 Å². The van der Waals surface area contributed by atoms with E-state index in [9.17, 15) is 9.59 Å². The fourth-order valence-corrected chi connectivity index (χ4v) is 4.08. The second kappa shape index (κ2) is 12.1. The fraction of sp³-hybridized carbons (Fsp3) is 0.480. The van der Waals surface area contributed by atoms with E-state index in [1.54, 1.807) is 39.0 Å². The first-order valence-electron chi connectivity index (χ1n) is 11.8. The Morgan fingerprint density at radius 2 is 2.00 bits per heavy atom. The van der Waals surface area contributed by atoms with Crippen molar-refractivity contribution in [2.75, 3.05) is 17.7 Å². The molecule has 1 heterocycles. The van der Waals surface area contributed by atoms with Gasteiger partial charge in [-0.15, -0.1) is 6.58 Å². The van der Waals surface area contributed by atoms with Gasteiger partial charge < -0.3 is 30.2 Å². The van der Waals surface area contributed by atoms with Crippen molar-refractivity contribution in [3.63, 3.8) is 0 Å². The van der Waals surface area contributed by atoms with E-state index >= 15 is 0 Å². The molecule has 10 nitrogen and oxygen atoms in total. The minimum Gasteiger partial charge on any atom is -0.465 e. The van der Waals surface area contributed by atoms with Gasteiger partial charge in [-0.3, -0.25) is 5.32 Å². The van der Waals surface area contributed by atoms with Gasteiger partial charge in [-0.2, -0.15) is 0 Å². The Hall–Kier alpha value is -3.31. The maximum absolute atomic E-state index is 12.5. The third kappa shape index (κ3) is 9.38. The summed E-state index contributed by atoms with van der Waals surface area (Å²) in [5.74, 6) is 0.566. The molecule has 1 unspecified atom stereocenters. The number of carbonyl (C=O) groups is 2. The minimum absolute atomic E-state index is 0.245. The number of benzene rings is 1. The number of aromatic nitrogens is 2. The molecule has 2 rings (SSSR count). The quantitative estimate of drug-likeness (QED) is 0.130. The molecule has 0 saturated heterocycles. The first-order chi connectivity index (χ1) is 16.7. The lowest BCUT2D eigenvalue weighted by molar-refractivity contribution is 0.0492. The van der Waals surface area contributed by atoms with Gasteiger partial charge in [-0.25, -0.2) is 14.6 Å². The van der Waals surface area contributed by atoms with Gasteiger partial charge in [-0.05, 0) is 51.4 Å². The summed E-state index contributed by atoms with van der Waals surface area (Å²) in [4.78, 5) is 28.3. The van der Waals surface area contributed by atoms with Crippen molar-refractivity contribution in [2.24, 2.45) is 0 Å². The zero-order valence-corrected chi connectivity index (χ0v) is 23.1. The zero-order valence-electron chi connectivity index (χ0n) is 22.1. The molecule has 11 heteroatoms. The number of rotatable bonds is 11. The lowest BCUT2D eigenvalue weighted by Crippen LogP contribution is -2.36. The van der Waals surface area contributed by atoms with Crippen molar-refractivity contribution in [3.05, 3.63) is 42.9 Å². The third-order valence-electron chi connectivity index (χ3n) is 5.02. The normalized spacial score (nSPS) is 12.6. The number of carbonyl (C=O) groups excluding carboxylic acids is 1. The van der Waals surface area contributed by atoms with Crippen LogP contribution in [-0.4, -0.2) is 47.1 Å². The zero-order chi connectivity index (χ0) is 27.1. The topological polar surface area (TPSA) is 141 Å². The maximum atomic E-state index is 12.5.